The van der Waals surface area contributed by atoms with E-state index in [0.717, 1.165) is 10.8 Å². The van der Waals surface area contributed by atoms with Gasteiger partial charge in [-0.05, 0) is 12.3 Å². The summed E-state index contributed by atoms with van der Waals surface area (Å²) in [7, 11) is 0. The summed E-state index contributed by atoms with van der Waals surface area (Å²) in [5, 5.41) is 0. The molecule has 0 bridgehead atoms. The molecule has 0 aromatic heterocycles. The second kappa shape index (κ2) is 3.55. The van der Waals surface area contributed by atoms with Gasteiger partial charge in [-0.2, -0.15) is 0 Å². The van der Waals surface area contributed by atoms with E-state index < -0.39 is 0 Å². The quantitative estimate of drug-likeness (QED) is 0.404. The van der Waals surface area contributed by atoms with Gasteiger partial charge in [0.25, 0.3) is 0 Å². The molecule has 0 saturated carbocycles. The normalized spacial score (nSPS) is 33.6. The van der Waals surface area contributed by atoms with Crippen molar-refractivity contribution in [2.45, 2.75) is 13.3 Å². The maximum absolute atomic E-state index is 10.9. The summed E-state index contributed by atoms with van der Waals surface area (Å²) in [5.74, 6) is 0.639. The Hall–Kier alpha value is 0.200. The molecule has 1 fully saturated rings. The van der Waals surface area contributed by atoms with Crippen molar-refractivity contribution in [3.05, 3.63) is 0 Å². The van der Waals surface area contributed by atoms with Crippen LogP contribution in [-0.2, 0) is 9.53 Å². The van der Waals surface area contributed by atoms with Crippen LogP contribution >= 0.6 is 22.6 Å². The fourth-order valence-corrected chi connectivity index (χ4v) is 2.30. The summed E-state index contributed by atoms with van der Waals surface area (Å²) in [6, 6.07) is 0. The molecule has 0 aliphatic carbocycles. The Balaban J connectivity index is 2.51. The molecule has 0 N–H and O–H groups in total. The van der Waals surface area contributed by atoms with E-state index in [1.807, 2.05) is 6.92 Å². The molecule has 1 heterocycles. The lowest BCUT2D eigenvalue weighted by molar-refractivity contribution is -0.154. The monoisotopic (exact) mass is 254 g/mol. The van der Waals surface area contributed by atoms with E-state index in [0.29, 0.717) is 12.5 Å². The Kier molecular flexibility index (Phi) is 2.95. The first kappa shape index (κ1) is 8.30. The minimum Gasteiger partial charge on any atom is -0.465 e. The van der Waals surface area contributed by atoms with Crippen molar-refractivity contribution in [1.29, 1.82) is 0 Å². The SMILES string of the molecule is C[C@@H]1C(=O)OCC[C@@H]1CI. The molecule has 0 spiro atoms. The van der Waals surface area contributed by atoms with Crippen LogP contribution in [-0.4, -0.2) is 17.0 Å². The number of hydrogen-bond acceptors (Lipinski definition) is 2. The van der Waals surface area contributed by atoms with E-state index in [-0.39, 0.29) is 11.9 Å². The van der Waals surface area contributed by atoms with Crippen molar-refractivity contribution in [2.75, 3.05) is 11.0 Å². The van der Waals surface area contributed by atoms with Crippen LogP contribution in [0.4, 0.5) is 0 Å². The Bertz CT molecular complexity index is 136. The van der Waals surface area contributed by atoms with Crippen molar-refractivity contribution in [1.82, 2.24) is 0 Å². The molecule has 2 atom stereocenters. The van der Waals surface area contributed by atoms with Gasteiger partial charge in [-0.1, -0.05) is 29.5 Å². The Morgan fingerprint density at radius 2 is 2.50 bits per heavy atom. The minimum atomic E-state index is -0.0204. The molecular weight excluding hydrogens is 243 g/mol. The van der Waals surface area contributed by atoms with Crippen LogP contribution in [0.5, 0.6) is 0 Å². The second-order valence-corrected chi connectivity index (χ2v) is 3.54. The predicted molar refractivity (Wildman–Crippen MR) is 47.1 cm³/mol. The third-order valence-electron chi connectivity index (χ3n) is 2.01. The number of ether oxygens (including phenoxy) is 1. The predicted octanol–water partition coefficient (Wildman–Crippen LogP) is 1.62. The summed E-state index contributed by atoms with van der Waals surface area (Å²) in [4.78, 5) is 10.9. The number of alkyl halides is 1. The van der Waals surface area contributed by atoms with Gasteiger partial charge >= 0.3 is 5.97 Å². The van der Waals surface area contributed by atoms with Crippen LogP contribution in [0.3, 0.4) is 0 Å². The van der Waals surface area contributed by atoms with E-state index in [2.05, 4.69) is 22.6 Å². The molecular formula is C7H11IO2. The van der Waals surface area contributed by atoms with Crippen LogP contribution < -0.4 is 0 Å². The zero-order valence-corrected chi connectivity index (χ0v) is 8.13. The molecule has 2 nitrogen and oxygen atoms in total. The van der Waals surface area contributed by atoms with Gasteiger partial charge in [-0.15, -0.1) is 0 Å². The third kappa shape index (κ3) is 1.62. The van der Waals surface area contributed by atoms with Gasteiger partial charge in [0.2, 0.25) is 0 Å². The fraction of sp³-hybridized carbons (Fsp3) is 0.857. The van der Waals surface area contributed by atoms with E-state index >= 15 is 0 Å². The molecule has 1 saturated heterocycles. The molecule has 3 heteroatoms. The fourth-order valence-electron chi connectivity index (χ4n) is 1.10. The van der Waals surface area contributed by atoms with E-state index in [4.69, 9.17) is 4.74 Å². The summed E-state index contributed by atoms with van der Waals surface area (Å²) in [6.45, 7) is 2.57. The number of rotatable bonds is 1. The van der Waals surface area contributed by atoms with E-state index in [9.17, 15) is 4.79 Å². The molecule has 0 aromatic rings. The molecule has 0 aromatic carbocycles. The molecule has 1 aliphatic heterocycles. The van der Waals surface area contributed by atoms with Crippen LogP contribution in [0, 0.1) is 11.8 Å². The van der Waals surface area contributed by atoms with Crippen molar-refractivity contribution >= 4 is 28.6 Å². The van der Waals surface area contributed by atoms with Crippen molar-refractivity contribution in [2.24, 2.45) is 11.8 Å². The number of carbonyl (C=O) groups excluding carboxylic acids is 1. The van der Waals surface area contributed by atoms with E-state index in [1.165, 1.54) is 0 Å². The van der Waals surface area contributed by atoms with Gasteiger partial charge in [-0.25, -0.2) is 0 Å². The average molecular weight is 254 g/mol. The van der Waals surface area contributed by atoms with Crippen LogP contribution in [0.2, 0.25) is 0 Å². The molecule has 1 rings (SSSR count). The first-order chi connectivity index (χ1) is 4.75. The molecule has 0 unspecified atom stereocenters. The maximum atomic E-state index is 10.9. The van der Waals surface area contributed by atoms with Crippen molar-refractivity contribution < 1.29 is 9.53 Å². The third-order valence-corrected chi connectivity index (χ3v) is 3.14. The first-order valence-corrected chi connectivity index (χ1v) is 5.01. The van der Waals surface area contributed by atoms with E-state index in [1.54, 1.807) is 0 Å². The van der Waals surface area contributed by atoms with Crippen molar-refractivity contribution in [3.8, 4) is 0 Å². The summed E-state index contributed by atoms with van der Waals surface area (Å²) >= 11 is 2.32. The lowest BCUT2D eigenvalue weighted by Crippen LogP contribution is -2.31. The number of halogens is 1. The molecule has 58 valence electrons. The number of cyclic esters (lactones) is 1. The average Bonchev–Trinajstić information content (AvgIpc) is 1.95. The maximum Gasteiger partial charge on any atom is 0.308 e. The zero-order valence-electron chi connectivity index (χ0n) is 5.97. The Labute approximate surface area is 74.5 Å². The van der Waals surface area contributed by atoms with Gasteiger partial charge in [0, 0.05) is 4.43 Å². The lowest BCUT2D eigenvalue weighted by Gasteiger charge is -2.25. The van der Waals surface area contributed by atoms with Crippen LogP contribution in [0.25, 0.3) is 0 Å². The topological polar surface area (TPSA) is 26.3 Å². The van der Waals surface area contributed by atoms with Crippen molar-refractivity contribution in [3.63, 3.8) is 0 Å². The highest BCUT2D eigenvalue weighted by Crippen LogP contribution is 2.23. The lowest BCUT2D eigenvalue weighted by atomic mass is 9.91. The minimum absolute atomic E-state index is 0.0204. The molecule has 0 amide bonds. The highest BCUT2D eigenvalue weighted by molar-refractivity contribution is 14.1. The summed E-state index contributed by atoms with van der Waals surface area (Å²) in [5.41, 5.74) is 0. The molecule has 0 radical (unpaired) electrons. The van der Waals surface area contributed by atoms with Gasteiger partial charge in [-0.3, -0.25) is 4.79 Å². The number of carbonyl (C=O) groups is 1. The second-order valence-electron chi connectivity index (χ2n) is 2.66. The van der Waals surface area contributed by atoms with Gasteiger partial charge < -0.3 is 4.74 Å². The first-order valence-electron chi connectivity index (χ1n) is 3.48. The number of hydrogen-bond donors (Lipinski definition) is 0. The van der Waals surface area contributed by atoms with Gasteiger partial charge in [0.15, 0.2) is 0 Å². The largest absolute Gasteiger partial charge is 0.465 e. The van der Waals surface area contributed by atoms with Gasteiger partial charge in [0.1, 0.15) is 0 Å². The Morgan fingerprint density at radius 1 is 1.80 bits per heavy atom. The smallest absolute Gasteiger partial charge is 0.308 e. The molecule has 10 heavy (non-hydrogen) atoms. The summed E-state index contributed by atoms with van der Waals surface area (Å²) < 4.78 is 5.94. The highest BCUT2D eigenvalue weighted by Gasteiger charge is 2.28. The summed E-state index contributed by atoms with van der Waals surface area (Å²) in [6.07, 6.45) is 1.04. The van der Waals surface area contributed by atoms with Crippen LogP contribution in [0.15, 0.2) is 0 Å². The Morgan fingerprint density at radius 3 is 3.00 bits per heavy atom. The van der Waals surface area contributed by atoms with Gasteiger partial charge in [0.05, 0.1) is 12.5 Å². The number of esters is 1. The zero-order chi connectivity index (χ0) is 7.56. The molecule has 1 aliphatic rings. The van der Waals surface area contributed by atoms with Crippen LogP contribution in [0.1, 0.15) is 13.3 Å². The standard InChI is InChI=1S/C7H11IO2/c1-5-6(4-8)2-3-10-7(5)9/h5-6H,2-4H2,1H3/t5-,6+/m0/s1. The highest BCUT2D eigenvalue weighted by atomic mass is 127.